The second kappa shape index (κ2) is 3.50. The summed E-state index contributed by atoms with van der Waals surface area (Å²) in [5.74, 6) is 1.25. The molecule has 4 nitrogen and oxygen atoms in total. The van der Waals surface area contributed by atoms with Crippen LogP contribution in [-0.2, 0) is 0 Å². The van der Waals surface area contributed by atoms with Gasteiger partial charge in [0.25, 0.3) is 0 Å². The lowest BCUT2D eigenvalue weighted by atomic mass is 10.1. The Hall–Kier alpha value is -1.63. The van der Waals surface area contributed by atoms with Crippen molar-refractivity contribution in [1.82, 2.24) is 9.97 Å². The molecule has 4 heteroatoms. The fourth-order valence-electron chi connectivity index (χ4n) is 1.65. The van der Waals surface area contributed by atoms with Gasteiger partial charge in [0.05, 0.1) is 0 Å². The van der Waals surface area contributed by atoms with Gasteiger partial charge in [-0.2, -0.15) is 5.26 Å². The fraction of sp³-hybridized carbons (Fsp3) is 0.545. The van der Waals surface area contributed by atoms with Crippen LogP contribution in [0.25, 0.3) is 0 Å². The normalized spacial score (nSPS) is 21.8. The van der Waals surface area contributed by atoms with Crippen molar-refractivity contribution in [3.63, 3.8) is 0 Å². The SMILES string of the molecule is CC1(C)CC1CNc1nccc(C#N)n1. The highest BCUT2D eigenvalue weighted by molar-refractivity contribution is 5.30. The van der Waals surface area contributed by atoms with E-state index in [0.29, 0.717) is 23.0 Å². The minimum absolute atomic E-state index is 0.405. The highest BCUT2D eigenvalue weighted by Crippen LogP contribution is 2.51. The van der Waals surface area contributed by atoms with E-state index in [1.54, 1.807) is 12.3 Å². The van der Waals surface area contributed by atoms with Crippen molar-refractivity contribution in [3.05, 3.63) is 18.0 Å². The summed E-state index contributed by atoms with van der Waals surface area (Å²) in [6.07, 6.45) is 2.85. The number of hydrogen-bond acceptors (Lipinski definition) is 4. The molecule has 1 N–H and O–H groups in total. The third-order valence-electron chi connectivity index (χ3n) is 2.99. The van der Waals surface area contributed by atoms with E-state index in [4.69, 9.17) is 5.26 Å². The zero-order valence-electron chi connectivity index (χ0n) is 8.99. The Labute approximate surface area is 89.4 Å². The number of nitrogens with one attached hydrogen (secondary N) is 1. The van der Waals surface area contributed by atoms with Gasteiger partial charge in [0.15, 0.2) is 0 Å². The molecule has 1 aliphatic carbocycles. The van der Waals surface area contributed by atoms with Crippen molar-refractivity contribution in [2.75, 3.05) is 11.9 Å². The summed E-state index contributed by atoms with van der Waals surface area (Å²) >= 11 is 0. The summed E-state index contributed by atoms with van der Waals surface area (Å²) in [6.45, 7) is 5.40. The molecule has 0 aliphatic heterocycles. The van der Waals surface area contributed by atoms with Gasteiger partial charge in [0.1, 0.15) is 11.8 Å². The van der Waals surface area contributed by atoms with Gasteiger partial charge in [-0.05, 0) is 23.8 Å². The third-order valence-corrected chi connectivity index (χ3v) is 2.99. The first kappa shape index (κ1) is 9.91. The van der Waals surface area contributed by atoms with Crippen molar-refractivity contribution in [2.45, 2.75) is 20.3 Å². The number of nitrogens with zero attached hydrogens (tertiary/aromatic N) is 3. The lowest BCUT2D eigenvalue weighted by Crippen LogP contribution is -2.10. The first-order valence-electron chi connectivity index (χ1n) is 5.09. The summed E-state index contributed by atoms with van der Waals surface area (Å²) in [5.41, 5.74) is 0.863. The fourth-order valence-corrected chi connectivity index (χ4v) is 1.65. The van der Waals surface area contributed by atoms with Crippen molar-refractivity contribution >= 4 is 5.95 Å². The van der Waals surface area contributed by atoms with Crippen molar-refractivity contribution < 1.29 is 0 Å². The van der Waals surface area contributed by atoms with Gasteiger partial charge in [0, 0.05) is 12.7 Å². The Morgan fingerprint density at radius 2 is 2.40 bits per heavy atom. The van der Waals surface area contributed by atoms with Gasteiger partial charge in [-0.1, -0.05) is 13.8 Å². The maximum atomic E-state index is 8.67. The minimum Gasteiger partial charge on any atom is -0.354 e. The summed E-state index contributed by atoms with van der Waals surface area (Å²) < 4.78 is 0. The van der Waals surface area contributed by atoms with E-state index >= 15 is 0 Å². The zero-order valence-corrected chi connectivity index (χ0v) is 8.99. The van der Waals surface area contributed by atoms with Crippen molar-refractivity contribution in [3.8, 4) is 6.07 Å². The van der Waals surface area contributed by atoms with Gasteiger partial charge in [-0.3, -0.25) is 0 Å². The van der Waals surface area contributed by atoms with Crippen LogP contribution < -0.4 is 5.32 Å². The maximum Gasteiger partial charge on any atom is 0.223 e. The number of aromatic nitrogens is 2. The smallest absolute Gasteiger partial charge is 0.223 e. The number of rotatable bonds is 3. The van der Waals surface area contributed by atoms with E-state index in [0.717, 1.165) is 6.54 Å². The second-order valence-corrected chi connectivity index (χ2v) is 4.65. The molecule has 15 heavy (non-hydrogen) atoms. The molecule has 1 heterocycles. The summed E-state index contributed by atoms with van der Waals surface area (Å²) in [7, 11) is 0. The molecular weight excluding hydrogens is 188 g/mol. The average Bonchev–Trinajstić information content (AvgIpc) is 2.84. The molecule has 0 radical (unpaired) electrons. The van der Waals surface area contributed by atoms with E-state index in [9.17, 15) is 0 Å². The summed E-state index contributed by atoms with van der Waals surface area (Å²) in [4.78, 5) is 8.12. The molecule has 78 valence electrons. The van der Waals surface area contributed by atoms with Gasteiger partial charge in [-0.25, -0.2) is 9.97 Å². The largest absolute Gasteiger partial charge is 0.354 e. The third kappa shape index (κ3) is 2.24. The van der Waals surface area contributed by atoms with E-state index in [2.05, 4.69) is 29.1 Å². The van der Waals surface area contributed by atoms with Crippen LogP contribution in [0.3, 0.4) is 0 Å². The molecule has 1 fully saturated rings. The molecule has 1 aliphatic rings. The predicted octanol–water partition coefficient (Wildman–Crippen LogP) is 1.81. The highest BCUT2D eigenvalue weighted by atomic mass is 15.1. The molecule has 2 rings (SSSR count). The van der Waals surface area contributed by atoms with Crippen LogP contribution in [0.1, 0.15) is 26.0 Å². The van der Waals surface area contributed by atoms with Gasteiger partial charge in [-0.15, -0.1) is 0 Å². The Kier molecular flexibility index (Phi) is 2.31. The monoisotopic (exact) mass is 202 g/mol. The molecule has 1 atom stereocenters. The Balaban J connectivity index is 1.92. The molecule has 0 bridgehead atoms. The number of nitriles is 1. The standard InChI is InChI=1S/C11H14N4/c1-11(2)5-8(11)7-14-10-13-4-3-9(6-12)15-10/h3-4,8H,5,7H2,1-2H3,(H,13,14,15). The van der Waals surface area contributed by atoms with E-state index in [1.807, 2.05) is 6.07 Å². The predicted molar refractivity (Wildman–Crippen MR) is 57.1 cm³/mol. The maximum absolute atomic E-state index is 8.67. The van der Waals surface area contributed by atoms with E-state index < -0.39 is 0 Å². The molecule has 1 aromatic rings. The summed E-state index contributed by atoms with van der Waals surface area (Å²) in [6, 6.07) is 3.60. The molecule has 0 amide bonds. The molecule has 1 saturated carbocycles. The zero-order chi connectivity index (χ0) is 10.9. The topological polar surface area (TPSA) is 61.6 Å². The summed E-state index contributed by atoms with van der Waals surface area (Å²) in [5, 5.41) is 11.8. The second-order valence-electron chi connectivity index (χ2n) is 4.65. The van der Waals surface area contributed by atoms with Gasteiger partial charge >= 0.3 is 0 Å². The van der Waals surface area contributed by atoms with E-state index in [-0.39, 0.29) is 0 Å². The Morgan fingerprint density at radius 1 is 1.67 bits per heavy atom. The lowest BCUT2D eigenvalue weighted by molar-refractivity contribution is 0.572. The minimum atomic E-state index is 0.405. The molecule has 0 spiro atoms. The first-order valence-corrected chi connectivity index (χ1v) is 5.09. The molecular formula is C11H14N4. The average molecular weight is 202 g/mol. The highest BCUT2D eigenvalue weighted by Gasteiger charge is 2.45. The molecule has 0 saturated heterocycles. The van der Waals surface area contributed by atoms with Crippen molar-refractivity contribution in [1.29, 1.82) is 5.26 Å². The molecule has 0 aromatic carbocycles. The number of hydrogen-bond donors (Lipinski definition) is 1. The first-order chi connectivity index (χ1) is 7.12. The van der Waals surface area contributed by atoms with Gasteiger partial charge < -0.3 is 5.32 Å². The Morgan fingerprint density at radius 3 is 3.00 bits per heavy atom. The van der Waals surface area contributed by atoms with Gasteiger partial charge in [0.2, 0.25) is 5.95 Å². The lowest BCUT2D eigenvalue weighted by Gasteiger charge is -2.05. The van der Waals surface area contributed by atoms with Crippen LogP contribution in [0.5, 0.6) is 0 Å². The van der Waals surface area contributed by atoms with Crippen LogP contribution in [0.2, 0.25) is 0 Å². The van der Waals surface area contributed by atoms with Crippen molar-refractivity contribution in [2.24, 2.45) is 11.3 Å². The van der Waals surface area contributed by atoms with E-state index in [1.165, 1.54) is 6.42 Å². The molecule has 1 aromatic heterocycles. The number of anilines is 1. The van der Waals surface area contributed by atoms with Crippen LogP contribution >= 0.6 is 0 Å². The van der Waals surface area contributed by atoms with Crippen LogP contribution in [0, 0.1) is 22.7 Å². The van der Waals surface area contributed by atoms with Crippen LogP contribution in [-0.4, -0.2) is 16.5 Å². The van der Waals surface area contributed by atoms with Crippen LogP contribution in [0.4, 0.5) is 5.95 Å². The quantitative estimate of drug-likeness (QED) is 0.812. The molecule has 1 unspecified atom stereocenters. The van der Waals surface area contributed by atoms with Crippen LogP contribution in [0.15, 0.2) is 12.3 Å². The Bertz CT molecular complexity index is 405.